The van der Waals surface area contributed by atoms with Crippen molar-refractivity contribution in [2.45, 2.75) is 0 Å². The summed E-state index contributed by atoms with van der Waals surface area (Å²) in [6.45, 7) is 0. The van der Waals surface area contributed by atoms with Crippen LogP contribution in [0.4, 0.5) is 10.5 Å². The van der Waals surface area contributed by atoms with Crippen LogP contribution in [0.3, 0.4) is 0 Å². The minimum absolute atomic E-state index is 0.179. The second kappa shape index (κ2) is 7.14. The van der Waals surface area contributed by atoms with E-state index in [1.807, 2.05) is 54.2 Å². The molecule has 1 aliphatic heterocycles. The Kier molecular flexibility index (Phi) is 4.29. The Balaban J connectivity index is 1.61. The van der Waals surface area contributed by atoms with Gasteiger partial charge in [0.2, 0.25) is 5.78 Å². The largest absolute Gasteiger partial charge is 0.465 e. The molecule has 0 bridgehead atoms. The molecule has 2 N–H and O–H groups in total. The zero-order chi connectivity index (χ0) is 21.5. The number of fused-ring (bicyclic) bond motifs is 2. The molecule has 0 saturated heterocycles. The van der Waals surface area contributed by atoms with Gasteiger partial charge in [0, 0.05) is 36.1 Å². The van der Waals surface area contributed by atoms with Gasteiger partial charge < -0.3 is 14.4 Å². The molecule has 2 aromatic carbocycles. The van der Waals surface area contributed by atoms with Gasteiger partial charge in [0.1, 0.15) is 11.4 Å². The predicted octanol–water partition coefficient (Wildman–Crippen LogP) is 4.95. The van der Waals surface area contributed by atoms with Crippen LogP contribution in [-0.4, -0.2) is 26.5 Å². The van der Waals surface area contributed by atoms with Crippen molar-refractivity contribution < 1.29 is 19.4 Å². The summed E-state index contributed by atoms with van der Waals surface area (Å²) in [6.07, 6.45) is 4.20. The van der Waals surface area contributed by atoms with Crippen LogP contribution in [0.25, 0.3) is 28.2 Å². The minimum Gasteiger partial charge on any atom is -0.465 e. The number of ketones is 1. The Morgan fingerprint density at radius 3 is 2.71 bits per heavy atom. The number of hydrogen-bond donors (Lipinski definition) is 2. The Morgan fingerprint density at radius 2 is 1.94 bits per heavy atom. The second-order valence-electron chi connectivity index (χ2n) is 7.20. The molecular formula is C24H17N3O4. The van der Waals surface area contributed by atoms with Gasteiger partial charge in [-0.15, -0.1) is 0 Å². The summed E-state index contributed by atoms with van der Waals surface area (Å²) in [5.74, 6) is 0.276. The maximum absolute atomic E-state index is 12.9. The van der Waals surface area contributed by atoms with Gasteiger partial charge in [-0.3, -0.25) is 10.1 Å². The number of carboxylic acid groups (broad SMARTS) is 1. The van der Waals surface area contributed by atoms with E-state index in [4.69, 9.17) is 9.84 Å². The van der Waals surface area contributed by atoms with E-state index in [0.717, 1.165) is 27.7 Å². The highest BCUT2D eigenvalue weighted by atomic mass is 16.5. The van der Waals surface area contributed by atoms with Crippen molar-refractivity contribution in [3.05, 3.63) is 83.9 Å². The van der Waals surface area contributed by atoms with Gasteiger partial charge in [0.15, 0.2) is 5.76 Å². The number of pyridine rings is 1. The molecule has 7 nitrogen and oxygen atoms in total. The molecule has 5 rings (SSSR count). The Hall–Kier alpha value is -4.39. The lowest BCUT2D eigenvalue weighted by Crippen LogP contribution is -2.07. The van der Waals surface area contributed by atoms with Gasteiger partial charge >= 0.3 is 6.09 Å². The van der Waals surface area contributed by atoms with Crippen LogP contribution in [-0.2, 0) is 7.05 Å². The first-order valence-corrected chi connectivity index (χ1v) is 9.59. The van der Waals surface area contributed by atoms with Crippen LogP contribution in [0.1, 0.15) is 15.9 Å². The lowest BCUT2D eigenvalue weighted by molar-refractivity contribution is 0.101. The Bertz CT molecular complexity index is 1390. The van der Waals surface area contributed by atoms with E-state index >= 15 is 0 Å². The number of nitrogens with zero attached hydrogens (tertiary/aromatic N) is 2. The smallest absolute Gasteiger partial charge is 0.409 e. The number of allylic oxidation sites excluding steroid dienone is 1. The predicted molar refractivity (Wildman–Crippen MR) is 117 cm³/mol. The van der Waals surface area contributed by atoms with E-state index in [1.165, 1.54) is 6.07 Å². The van der Waals surface area contributed by atoms with Crippen LogP contribution >= 0.6 is 0 Å². The molecule has 0 fully saturated rings. The second-order valence-corrected chi connectivity index (χ2v) is 7.20. The van der Waals surface area contributed by atoms with Crippen molar-refractivity contribution in [1.29, 1.82) is 0 Å². The number of nitrogens with one attached hydrogen (secondary N) is 1. The van der Waals surface area contributed by atoms with E-state index in [0.29, 0.717) is 17.0 Å². The molecule has 0 spiro atoms. The zero-order valence-corrected chi connectivity index (χ0v) is 16.5. The summed E-state index contributed by atoms with van der Waals surface area (Å²) in [6, 6.07) is 16.6. The molecule has 0 aliphatic carbocycles. The van der Waals surface area contributed by atoms with E-state index in [1.54, 1.807) is 24.4 Å². The van der Waals surface area contributed by atoms with Gasteiger partial charge in [-0.2, -0.15) is 0 Å². The zero-order valence-electron chi connectivity index (χ0n) is 16.5. The Labute approximate surface area is 177 Å². The maximum Gasteiger partial charge on any atom is 0.409 e. The van der Waals surface area contributed by atoms with Crippen LogP contribution < -0.4 is 10.1 Å². The molecule has 0 radical (unpaired) electrons. The van der Waals surface area contributed by atoms with Crippen molar-refractivity contribution in [3.8, 4) is 16.9 Å². The van der Waals surface area contributed by atoms with Crippen molar-refractivity contribution in [3.63, 3.8) is 0 Å². The van der Waals surface area contributed by atoms with Gasteiger partial charge in [-0.1, -0.05) is 30.3 Å². The average molecular weight is 411 g/mol. The molecule has 0 unspecified atom stereocenters. The Morgan fingerprint density at radius 1 is 1.13 bits per heavy atom. The summed E-state index contributed by atoms with van der Waals surface area (Å²) >= 11 is 0. The van der Waals surface area contributed by atoms with E-state index in [9.17, 15) is 9.59 Å². The number of amides is 1. The lowest BCUT2D eigenvalue weighted by atomic mass is 10.0. The minimum atomic E-state index is -1.20. The third-order valence-corrected chi connectivity index (χ3v) is 5.18. The first-order chi connectivity index (χ1) is 15.0. The van der Waals surface area contributed by atoms with Crippen LogP contribution in [0, 0.1) is 0 Å². The highest BCUT2D eigenvalue weighted by Crippen LogP contribution is 2.36. The van der Waals surface area contributed by atoms with Gasteiger partial charge in [-0.25, -0.2) is 9.78 Å². The van der Waals surface area contributed by atoms with Crippen molar-refractivity contribution in [2.75, 3.05) is 5.32 Å². The molecule has 3 heterocycles. The quantitative estimate of drug-likeness (QED) is 0.466. The molecule has 31 heavy (non-hydrogen) atoms. The normalized spacial score (nSPS) is 14.0. The number of rotatable bonds is 3. The molecule has 1 amide bonds. The van der Waals surface area contributed by atoms with Gasteiger partial charge in [0.25, 0.3) is 0 Å². The summed E-state index contributed by atoms with van der Waals surface area (Å²) in [7, 11) is 1.90. The molecule has 4 aromatic rings. The standard InChI is InChI=1S/C24H17N3O4/c1-27-13-15(21-17(9-10-25-23(21)27)14-5-3-2-4-6-14)11-20-22(28)18-12-16(26-24(29)30)7-8-19(18)31-20/h2-13,26H,1H3,(H,29,30). The topological polar surface area (TPSA) is 93.5 Å². The highest BCUT2D eigenvalue weighted by molar-refractivity contribution is 6.16. The fourth-order valence-electron chi connectivity index (χ4n) is 3.84. The molecule has 7 heteroatoms. The summed E-state index contributed by atoms with van der Waals surface area (Å²) < 4.78 is 7.71. The van der Waals surface area contributed by atoms with Crippen molar-refractivity contribution >= 4 is 34.7 Å². The average Bonchev–Trinajstić information content (AvgIpc) is 3.25. The molecule has 1 aliphatic rings. The number of aromatic nitrogens is 2. The number of Topliss-reactive ketones (excluding diaryl/α,β-unsaturated/α-hetero) is 1. The SMILES string of the molecule is Cn1cc(C=C2Oc3ccc(NC(=O)O)cc3C2=O)c2c(-c3ccccc3)ccnc21. The first-order valence-electron chi connectivity index (χ1n) is 9.59. The fraction of sp³-hybridized carbons (Fsp3) is 0.0417. The number of carbonyl (C=O) groups is 2. The van der Waals surface area contributed by atoms with E-state index in [-0.39, 0.29) is 11.5 Å². The number of benzene rings is 2. The van der Waals surface area contributed by atoms with E-state index in [2.05, 4.69) is 10.3 Å². The van der Waals surface area contributed by atoms with Gasteiger partial charge in [0.05, 0.1) is 5.56 Å². The fourth-order valence-corrected chi connectivity index (χ4v) is 3.84. The summed E-state index contributed by atoms with van der Waals surface area (Å²) in [5, 5.41) is 12.1. The molecular weight excluding hydrogens is 394 g/mol. The summed E-state index contributed by atoms with van der Waals surface area (Å²) in [5.41, 5.74) is 4.29. The number of anilines is 1. The van der Waals surface area contributed by atoms with Crippen LogP contribution in [0.5, 0.6) is 5.75 Å². The van der Waals surface area contributed by atoms with Gasteiger partial charge in [-0.05, 0) is 41.5 Å². The molecule has 0 atom stereocenters. The molecule has 152 valence electrons. The molecule has 0 saturated carbocycles. The third kappa shape index (κ3) is 3.22. The van der Waals surface area contributed by atoms with E-state index < -0.39 is 6.09 Å². The number of hydrogen-bond acceptors (Lipinski definition) is 4. The van der Waals surface area contributed by atoms with Crippen molar-refractivity contribution in [1.82, 2.24) is 9.55 Å². The summed E-state index contributed by atoms with van der Waals surface area (Å²) in [4.78, 5) is 28.3. The number of carbonyl (C=O) groups excluding carboxylic acids is 1. The monoisotopic (exact) mass is 411 g/mol. The maximum atomic E-state index is 12.9. The van der Waals surface area contributed by atoms with Crippen LogP contribution in [0.2, 0.25) is 0 Å². The van der Waals surface area contributed by atoms with Crippen molar-refractivity contribution in [2.24, 2.45) is 7.05 Å². The highest BCUT2D eigenvalue weighted by Gasteiger charge is 2.28. The third-order valence-electron chi connectivity index (χ3n) is 5.18. The van der Waals surface area contributed by atoms with Crippen LogP contribution in [0.15, 0.2) is 72.8 Å². The molecule has 2 aromatic heterocycles. The number of ether oxygens (including phenoxy) is 1. The lowest BCUT2D eigenvalue weighted by Gasteiger charge is -2.05. The first kappa shape index (κ1) is 18.6. The number of aryl methyl sites for hydroxylation is 1.